The molecule has 2 fully saturated rings. The third-order valence-corrected chi connectivity index (χ3v) is 8.44. The number of fused-ring (bicyclic) bond motifs is 1. The number of halogens is 1. The number of nitrogens with zero attached hydrogens (tertiary/aromatic N) is 5. The van der Waals surface area contributed by atoms with Crippen LogP contribution in [-0.2, 0) is 10.0 Å². The van der Waals surface area contributed by atoms with Crippen molar-refractivity contribution in [2.45, 2.75) is 64.2 Å². The molecular weight excluding hydrogens is 511 g/mol. The summed E-state index contributed by atoms with van der Waals surface area (Å²) in [6.45, 7) is 4.67. The van der Waals surface area contributed by atoms with E-state index in [1.54, 1.807) is 10.6 Å². The van der Waals surface area contributed by atoms with Crippen LogP contribution < -0.4 is 20.9 Å². The number of alkyl halides is 1. The summed E-state index contributed by atoms with van der Waals surface area (Å²) in [6.07, 6.45) is 6.38. The molecule has 1 aliphatic heterocycles. The van der Waals surface area contributed by atoms with Crippen LogP contribution in [0.3, 0.4) is 0 Å². The summed E-state index contributed by atoms with van der Waals surface area (Å²) >= 11 is 0. The summed E-state index contributed by atoms with van der Waals surface area (Å²) in [5.74, 6) is 0.770. The average Bonchev–Trinajstić information content (AvgIpc) is 3.36. The average molecular weight is 545 g/mol. The van der Waals surface area contributed by atoms with Crippen molar-refractivity contribution < 1.29 is 12.8 Å². The summed E-state index contributed by atoms with van der Waals surface area (Å²) < 4.78 is 42.9. The zero-order valence-electron chi connectivity index (χ0n) is 21.5. The summed E-state index contributed by atoms with van der Waals surface area (Å²) in [6, 6.07) is 2.77. The minimum atomic E-state index is -3.51. The fourth-order valence-corrected chi connectivity index (χ4v) is 6.68. The smallest absolute Gasteiger partial charge is 0.279 e. The number of nitrogens with one attached hydrogen (secondary N) is 3. The van der Waals surface area contributed by atoms with Gasteiger partial charge in [-0.1, -0.05) is 12.8 Å². The summed E-state index contributed by atoms with van der Waals surface area (Å²) in [5, 5.41) is 6.18. The molecule has 11 nitrogen and oxygen atoms in total. The molecule has 13 heteroatoms. The molecule has 0 aromatic carbocycles. The molecule has 2 aliphatic rings. The van der Waals surface area contributed by atoms with Gasteiger partial charge in [0.25, 0.3) is 5.56 Å². The number of hydrogen-bond donors (Lipinski definition) is 3. The van der Waals surface area contributed by atoms with Gasteiger partial charge in [0.2, 0.25) is 16.0 Å². The van der Waals surface area contributed by atoms with Gasteiger partial charge in [0, 0.05) is 43.4 Å². The zero-order valence-corrected chi connectivity index (χ0v) is 22.3. The maximum atomic E-state index is 13.8. The summed E-state index contributed by atoms with van der Waals surface area (Å²) in [7, 11) is -3.51. The molecule has 1 aliphatic carbocycles. The predicted molar refractivity (Wildman–Crippen MR) is 144 cm³/mol. The lowest BCUT2D eigenvalue weighted by Crippen LogP contribution is -2.44. The summed E-state index contributed by atoms with van der Waals surface area (Å²) in [4.78, 5) is 31.1. The molecule has 5 rings (SSSR count). The van der Waals surface area contributed by atoms with E-state index in [-0.39, 0.29) is 40.8 Å². The topological polar surface area (TPSA) is 144 Å². The number of sulfonamides is 1. The molecule has 3 N–H and O–H groups in total. The standard InChI is InChI=1S/C25H33FN8O3S/c1-15(2)34-23-20(13-29-25(32-23)30-19-9-18(26)11-27-12-19)31-22(24(34)35)17-7-8-21(28-10-17)33-38(36,37)14-16-5-3-4-6-16/h7-8,10,13,15-16,18-19,27H,3-6,9,11-12,14H2,1-2H3,(H,28,33)(H,29,30,32)/t18-,19-/m0/s1. The molecular formula is C25H33FN8O3S. The fourth-order valence-electron chi connectivity index (χ4n) is 5.20. The molecule has 3 aromatic rings. The Labute approximate surface area is 220 Å². The third kappa shape index (κ3) is 5.93. The summed E-state index contributed by atoms with van der Waals surface area (Å²) in [5.41, 5.74) is 1.06. The second-order valence-electron chi connectivity index (χ2n) is 10.4. The molecule has 204 valence electrons. The molecule has 1 saturated carbocycles. The lowest BCUT2D eigenvalue weighted by atomic mass is 10.1. The molecule has 38 heavy (non-hydrogen) atoms. The van der Waals surface area contributed by atoms with E-state index in [2.05, 4.69) is 35.3 Å². The van der Waals surface area contributed by atoms with Gasteiger partial charge in [-0.2, -0.15) is 4.98 Å². The van der Waals surface area contributed by atoms with Crippen LogP contribution >= 0.6 is 0 Å². The molecule has 0 spiro atoms. The Hall–Kier alpha value is -3.19. The van der Waals surface area contributed by atoms with E-state index in [9.17, 15) is 17.6 Å². The van der Waals surface area contributed by atoms with Gasteiger partial charge in [-0.15, -0.1) is 0 Å². The monoisotopic (exact) mass is 544 g/mol. The quantitative estimate of drug-likeness (QED) is 0.390. The Balaban J connectivity index is 1.41. The molecule has 4 heterocycles. The first kappa shape index (κ1) is 26.4. The van der Waals surface area contributed by atoms with Crippen LogP contribution in [0.4, 0.5) is 16.2 Å². The maximum absolute atomic E-state index is 13.8. The lowest BCUT2D eigenvalue weighted by molar-refractivity contribution is 0.254. The molecule has 3 aromatic heterocycles. The van der Waals surface area contributed by atoms with E-state index in [1.165, 1.54) is 18.5 Å². The third-order valence-electron chi connectivity index (χ3n) is 7.01. The van der Waals surface area contributed by atoms with E-state index in [0.29, 0.717) is 42.2 Å². The van der Waals surface area contributed by atoms with Crippen molar-refractivity contribution in [1.29, 1.82) is 0 Å². The first-order chi connectivity index (χ1) is 18.2. The van der Waals surface area contributed by atoms with Crippen LogP contribution in [-0.4, -0.2) is 64.0 Å². The van der Waals surface area contributed by atoms with Gasteiger partial charge < -0.3 is 10.6 Å². The van der Waals surface area contributed by atoms with Gasteiger partial charge in [0.05, 0.1) is 11.9 Å². The number of hydrogen-bond acceptors (Lipinski definition) is 9. The van der Waals surface area contributed by atoms with Crippen molar-refractivity contribution in [2.24, 2.45) is 5.92 Å². The van der Waals surface area contributed by atoms with Crippen molar-refractivity contribution in [2.75, 3.05) is 28.9 Å². The van der Waals surface area contributed by atoms with Crippen LogP contribution in [0.1, 0.15) is 52.0 Å². The number of pyridine rings is 1. The SMILES string of the molecule is CC(C)n1c(=O)c(-c2ccc(NS(=O)(=O)CC3CCCC3)nc2)nc2cnc(N[C@@H]3CNC[C@@H](F)C3)nc21. The highest BCUT2D eigenvalue weighted by molar-refractivity contribution is 7.92. The molecule has 1 saturated heterocycles. The Kier molecular flexibility index (Phi) is 7.57. The van der Waals surface area contributed by atoms with Crippen molar-refractivity contribution >= 4 is 33.0 Å². The van der Waals surface area contributed by atoms with Gasteiger partial charge in [0.15, 0.2) is 5.65 Å². The fraction of sp³-hybridized carbons (Fsp3) is 0.560. The largest absolute Gasteiger partial charge is 0.350 e. The van der Waals surface area contributed by atoms with E-state index >= 15 is 0 Å². The first-order valence-corrected chi connectivity index (χ1v) is 14.7. The maximum Gasteiger partial charge on any atom is 0.279 e. The van der Waals surface area contributed by atoms with E-state index < -0.39 is 16.2 Å². The van der Waals surface area contributed by atoms with Crippen LogP contribution in [0, 0.1) is 5.92 Å². The molecule has 0 unspecified atom stereocenters. The minimum Gasteiger partial charge on any atom is -0.350 e. The van der Waals surface area contributed by atoms with Gasteiger partial charge in [0.1, 0.15) is 23.2 Å². The van der Waals surface area contributed by atoms with Crippen molar-refractivity contribution in [3.05, 3.63) is 34.9 Å². The second kappa shape index (κ2) is 10.9. The molecule has 0 radical (unpaired) electrons. The highest BCUT2D eigenvalue weighted by atomic mass is 32.2. The lowest BCUT2D eigenvalue weighted by Gasteiger charge is -2.26. The molecule has 2 atom stereocenters. The first-order valence-electron chi connectivity index (χ1n) is 13.1. The highest BCUT2D eigenvalue weighted by Crippen LogP contribution is 2.27. The zero-order chi connectivity index (χ0) is 26.9. The van der Waals surface area contributed by atoms with E-state index in [4.69, 9.17) is 0 Å². The number of rotatable bonds is 8. The van der Waals surface area contributed by atoms with Gasteiger partial charge in [-0.05, 0) is 44.7 Å². The minimum absolute atomic E-state index is 0.0875. The van der Waals surface area contributed by atoms with Crippen LogP contribution in [0.5, 0.6) is 0 Å². The predicted octanol–water partition coefficient (Wildman–Crippen LogP) is 2.87. The van der Waals surface area contributed by atoms with Crippen molar-refractivity contribution in [3.8, 4) is 11.3 Å². The van der Waals surface area contributed by atoms with Crippen LogP contribution in [0.15, 0.2) is 29.3 Å². The van der Waals surface area contributed by atoms with Gasteiger partial charge >= 0.3 is 0 Å². The molecule has 0 bridgehead atoms. The number of anilines is 2. The van der Waals surface area contributed by atoms with Crippen molar-refractivity contribution in [1.82, 2.24) is 29.8 Å². The second-order valence-corrected chi connectivity index (χ2v) is 12.2. The Morgan fingerprint density at radius 3 is 2.61 bits per heavy atom. The van der Waals surface area contributed by atoms with Crippen molar-refractivity contribution in [3.63, 3.8) is 0 Å². The number of piperidine rings is 1. The van der Waals surface area contributed by atoms with E-state index in [0.717, 1.165) is 25.7 Å². The Morgan fingerprint density at radius 1 is 1.13 bits per heavy atom. The van der Waals surface area contributed by atoms with Crippen LogP contribution in [0.25, 0.3) is 22.4 Å². The van der Waals surface area contributed by atoms with E-state index in [1.807, 2.05) is 13.8 Å². The van der Waals surface area contributed by atoms with Gasteiger partial charge in [-0.25, -0.2) is 27.8 Å². The normalized spacial score (nSPS) is 20.7. The molecule has 0 amide bonds. The highest BCUT2D eigenvalue weighted by Gasteiger charge is 2.24. The van der Waals surface area contributed by atoms with Crippen LogP contribution in [0.2, 0.25) is 0 Å². The Bertz CT molecular complexity index is 1460. The number of aromatic nitrogens is 5. The van der Waals surface area contributed by atoms with Gasteiger partial charge in [-0.3, -0.25) is 14.1 Å². The Morgan fingerprint density at radius 2 is 1.92 bits per heavy atom.